The maximum Gasteiger partial charge on any atom is 0.322 e. The Labute approximate surface area is 83.5 Å². The quantitative estimate of drug-likeness (QED) is 0.580. The van der Waals surface area contributed by atoms with Gasteiger partial charge in [0.2, 0.25) is 0 Å². The average Bonchev–Trinajstić information content (AvgIpc) is 2.15. The van der Waals surface area contributed by atoms with Crippen LogP contribution >= 0.6 is 0 Å². The van der Waals surface area contributed by atoms with Gasteiger partial charge >= 0.3 is 5.97 Å². The molecule has 0 unspecified atom stereocenters. The molecule has 0 fully saturated rings. The third kappa shape index (κ3) is 2.63. The fraction of sp³-hybridized carbons (Fsp3) is 0.125. The number of carboxylic acid groups (broad SMARTS) is 1. The molecule has 15 heavy (non-hydrogen) atoms. The Morgan fingerprint density at radius 1 is 1.60 bits per heavy atom. The number of aliphatic carboxylic acids is 1. The molecular formula is C8H7FN2O4. The van der Waals surface area contributed by atoms with E-state index in [-0.39, 0.29) is 0 Å². The van der Waals surface area contributed by atoms with Crippen molar-refractivity contribution in [3.05, 3.63) is 34.1 Å². The predicted octanol–water partition coefficient (Wildman–Crippen LogP) is 1.23. The Morgan fingerprint density at radius 2 is 2.27 bits per heavy atom. The molecule has 0 aliphatic carbocycles. The van der Waals surface area contributed by atoms with E-state index in [0.29, 0.717) is 0 Å². The summed E-state index contributed by atoms with van der Waals surface area (Å²) in [7, 11) is 0. The van der Waals surface area contributed by atoms with Crippen molar-refractivity contribution in [3.8, 4) is 0 Å². The van der Waals surface area contributed by atoms with E-state index >= 15 is 0 Å². The van der Waals surface area contributed by atoms with E-state index in [1.807, 2.05) is 0 Å². The standard InChI is InChI=1S/C8H7FN2O4/c9-5-2-1-3-6(11(14)15)8(5)10-4-7(12)13/h1-3,10H,4H2,(H,12,13). The molecule has 7 heteroatoms. The summed E-state index contributed by atoms with van der Waals surface area (Å²) in [6.07, 6.45) is 0. The SMILES string of the molecule is O=C(O)CNc1c(F)cccc1[N+](=O)[O-]. The number of carboxylic acids is 1. The molecule has 1 aromatic carbocycles. The van der Waals surface area contributed by atoms with Crippen LogP contribution in [0.1, 0.15) is 0 Å². The minimum absolute atomic E-state index is 0.412. The van der Waals surface area contributed by atoms with Crippen LogP contribution in [-0.2, 0) is 4.79 Å². The summed E-state index contributed by atoms with van der Waals surface area (Å²) in [5.74, 6) is -2.09. The van der Waals surface area contributed by atoms with Crippen LogP contribution in [0.4, 0.5) is 15.8 Å². The van der Waals surface area contributed by atoms with Gasteiger partial charge in [0.1, 0.15) is 12.2 Å². The van der Waals surface area contributed by atoms with Gasteiger partial charge in [0.25, 0.3) is 5.69 Å². The Bertz CT molecular complexity index is 408. The highest BCUT2D eigenvalue weighted by Gasteiger charge is 2.17. The van der Waals surface area contributed by atoms with E-state index in [4.69, 9.17) is 5.11 Å². The summed E-state index contributed by atoms with van der Waals surface area (Å²) in [6.45, 7) is -0.582. The first-order valence-corrected chi connectivity index (χ1v) is 3.91. The lowest BCUT2D eigenvalue weighted by Crippen LogP contribution is -2.14. The average molecular weight is 214 g/mol. The van der Waals surface area contributed by atoms with Gasteiger partial charge in [0, 0.05) is 6.07 Å². The number of nitrogens with zero attached hydrogens (tertiary/aromatic N) is 1. The van der Waals surface area contributed by atoms with Crippen molar-refractivity contribution in [1.29, 1.82) is 0 Å². The van der Waals surface area contributed by atoms with Gasteiger partial charge in [0.05, 0.1) is 4.92 Å². The first kappa shape index (κ1) is 10.9. The molecule has 0 bridgehead atoms. The van der Waals surface area contributed by atoms with Crippen LogP contribution in [0.5, 0.6) is 0 Å². The summed E-state index contributed by atoms with van der Waals surface area (Å²) < 4.78 is 13.1. The van der Waals surface area contributed by atoms with Gasteiger partial charge in [-0.05, 0) is 6.07 Å². The number of nitrogens with one attached hydrogen (secondary N) is 1. The highest BCUT2D eigenvalue weighted by Crippen LogP contribution is 2.26. The normalized spacial score (nSPS) is 9.67. The van der Waals surface area contributed by atoms with Crippen molar-refractivity contribution >= 4 is 17.3 Å². The lowest BCUT2D eigenvalue weighted by Gasteiger charge is -2.04. The monoisotopic (exact) mass is 214 g/mol. The third-order valence-corrected chi connectivity index (χ3v) is 1.60. The van der Waals surface area contributed by atoms with Crippen molar-refractivity contribution in [3.63, 3.8) is 0 Å². The second-order valence-electron chi connectivity index (χ2n) is 2.64. The van der Waals surface area contributed by atoms with Crippen LogP contribution in [0.15, 0.2) is 18.2 Å². The number of hydrogen-bond acceptors (Lipinski definition) is 4. The van der Waals surface area contributed by atoms with Gasteiger partial charge in [-0.15, -0.1) is 0 Å². The second-order valence-corrected chi connectivity index (χ2v) is 2.64. The number of nitro benzene ring substituents is 1. The number of benzene rings is 1. The van der Waals surface area contributed by atoms with E-state index in [0.717, 1.165) is 12.1 Å². The van der Waals surface area contributed by atoms with Crippen LogP contribution in [0.3, 0.4) is 0 Å². The fourth-order valence-electron chi connectivity index (χ4n) is 1.00. The Kier molecular flexibility index (Phi) is 3.17. The lowest BCUT2D eigenvalue weighted by molar-refractivity contribution is -0.384. The van der Waals surface area contributed by atoms with Crippen molar-refractivity contribution in [2.45, 2.75) is 0 Å². The summed E-state index contributed by atoms with van der Waals surface area (Å²) in [6, 6.07) is 3.28. The zero-order chi connectivity index (χ0) is 11.4. The first-order valence-electron chi connectivity index (χ1n) is 3.91. The Balaban J connectivity index is 3.02. The van der Waals surface area contributed by atoms with Crippen molar-refractivity contribution in [1.82, 2.24) is 0 Å². The predicted molar refractivity (Wildman–Crippen MR) is 49.2 cm³/mol. The van der Waals surface area contributed by atoms with Crippen molar-refractivity contribution in [2.24, 2.45) is 0 Å². The molecule has 6 nitrogen and oxygen atoms in total. The van der Waals surface area contributed by atoms with Gasteiger partial charge in [-0.1, -0.05) is 6.07 Å². The van der Waals surface area contributed by atoms with Gasteiger partial charge in [-0.3, -0.25) is 14.9 Å². The van der Waals surface area contributed by atoms with Crippen molar-refractivity contribution in [2.75, 3.05) is 11.9 Å². The van der Waals surface area contributed by atoms with Gasteiger partial charge in [-0.2, -0.15) is 0 Å². The summed E-state index contributed by atoms with van der Waals surface area (Å²) >= 11 is 0. The number of para-hydroxylation sites is 1. The van der Waals surface area contributed by atoms with E-state index in [1.54, 1.807) is 0 Å². The number of hydrogen-bond donors (Lipinski definition) is 2. The molecular weight excluding hydrogens is 207 g/mol. The largest absolute Gasteiger partial charge is 0.480 e. The summed E-state index contributed by atoms with van der Waals surface area (Å²) in [5, 5.41) is 21.0. The van der Waals surface area contributed by atoms with E-state index < -0.39 is 34.6 Å². The zero-order valence-electron chi connectivity index (χ0n) is 7.44. The molecule has 2 N–H and O–H groups in total. The second kappa shape index (κ2) is 4.36. The Hall–Kier alpha value is -2.18. The molecule has 0 atom stereocenters. The molecule has 0 heterocycles. The highest BCUT2D eigenvalue weighted by atomic mass is 19.1. The molecule has 1 aromatic rings. The number of carbonyl (C=O) groups is 1. The number of anilines is 1. The lowest BCUT2D eigenvalue weighted by atomic mass is 10.2. The third-order valence-electron chi connectivity index (χ3n) is 1.60. The minimum atomic E-state index is -1.23. The molecule has 0 aromatic heterocycles. The fourth-order valence-corrected chi connectivity index (χ4v) is 1.00. The van der Waals surface area contributed by atoms with Crippen LogP contribution in [0.2, 0.25) is 0 Å². The van der Waals surface area contributed by atoms with Gasteiger partial charge < -0.3 is 10.4 Å². The molecule has 0 amide bonds. The van der Waals surface area contributed by atoms with E-state index in [2.05, 4.69) is 5.32 Å². The van der Waals surface area contributed by atoms with E-state index in [1.165, 1.54) is 6.07 Å². The molecule has 0 saturated heterocycles. The molecule has 0 saturated carbocycles. The van der Waals surface area contributed by atoms with Crippen LogP contribution in [-0.4, -0.2) is 22.5 Å². The number of halogens is 1. The van der Waals surface area contributed by atoms with Gasteiger partial charge in [-0.25, -0.2) is 4.39 Å². The number of rotatable bonds is 4. The molecule has 0 aliphatic rings. The maximum atomic E-state index is 13.1. The van der Waals surface area contributed by atoms with Crippen molar-refractivity contribution < 1.29 is 19.2 Å². The molecule has 0 spiro atoms. The van der Waals surface area contributed by atoms with E-state index in [9.17, 15) is 19.3 Å². The topological polar surface area (TPSA) is 92.5 Å². The number of nitro groups is 1. The zero-order valence-corrected chi connectivity index (χ0v) is 7.44. The molecule has 80 valence electrons. The van der Waals surface area contributed by atoms with Crippen LogP contribution in [0.25, 0.3) is 0 Å². The van der Waals surface area contributed by atoms with Gasteiger partial charge in [0.15, 0.2) is 5.82 Å². The first-order chi connectivity index (χ1) is 7.02. The summed E-state index contributed by atoms with van der Waals surface area (Å²) in [4.78, 5) is 19.9. The molecule has 1 rings (SSSR count). The van der Waals surface area contributed by atoms with Crippen LogP contribution in [0, 0.1) is 15.9 Å². The Morgan fingerprint density at radius 3 is 2.80 bits per heavy atom. The maximum absolute atomic E-state index is 13.1. The highest BCUT2D eigenvalue weighted by molar-refractivity contribution is 5.75. The smallest absolute Gasteiger partial charge is 0.322 e. The van der Waals surface area contributed by atoms with Crippen LogP contribution < -0.4 is 5.32 Å². The molecule has 0 aliphatic heterocycles. The summed E-state index contributed by atoms with van der Waals surface area (Å²) in [5.41, 5.74) is -0.902. The molecule has 0 radical (unpaired) electrons. The minimum Gasteiger partial charge on any atom is -0.480 e.